The first-order valence-electron chi connectivity index (χ1n) is 8.46. The minimum Gasteiger partial charge on any atom is -0.347 e. The van der Waals surface area contributed by atoms with Crippen LogP contribution in [0, 0.1) is 0 Å². The topological polar surface area (TPSA) is 65.5 Å². The van der Waals surface area contributed by atoms with E-state index >= 15 is 0 Å². The Kier molecular flexibility index (Phi) is 5.17. The number of nitrogens with zero attached hydrogens (tertiary/aromatic N) is 6. The zero-order valence-corrected chi connectivity index (χ0v) is 16.0. The lowest BCUT2D eigenvalue weighted by atomic mass is 10.2. The Morgan fingerprint density at radius 3 is 2.44 bits per heavy atom. The highest BCUT2D eigenvalue weighted by Crippen LogP contribution is 2.20. The van der Waals surface area contributed by atoms with Crippen molar-refractivity contribution in [2.75, 3.05) is 50.1 Å². The van der Waals surface area contributed by atoms with Gasteiger partial charge >= 0.3 is 0 Å². The maximum atomic E-state index is 12.5. The van der Waals surface area contributed by atoms with E-state index in [9.17, 15) is 4.79 Å². The first-order chi connectivity index (χ1) is 12.0. The molecule has 0 atom stereocenters. The van der Waals surface area contributed by atoms with Gasteiger partial charge in [0.2, 0.25) is 11.9 Å². The Morgan fingerprint density at radius 2 is 1.88 bits per heavy atom. The SMILES string of the molecule is CC(C)c1nc(N(C)C)nc(N2CCN(C(=O)c3cccs3)CC2)n1. The average Bonchev–Trinajstić information content (AvgIpc) is 3.15. The number of anilines is 2. The second kappa shape index (κ2) is 7.35. The lowest BCUT2D eigenvalue weighted by Crippen LogP contribution is -2.49. The molecule has 0 saturated carbocycles. The number of amides is 1. The van der Waals surface area contributed by atoms with Crippen LogP contribution in [0.15, 0.2) is 17.5 Å². The fourth-order valence-electron chi connectivity index (χ4n) is 2.63. The Bertz CT molecular complexity index is 696. The molecule has 2 aromatic heterocycles. The highest BCUT2D eigenvalue weighted by molar-refractivity contribution is 7.12. The number of hydrogen-bond donors (Lipinski definition) is 0. The van der Waals surface area contributed by atoms with Crippen molar-refractivity contribution in [2.24, 2.45) is 0 Å². The molecule has 0 aliphatic carbocycles. The molecule has 0 N–H and O–H groups in total. The largest absolute Gasteiger partial charge is 0.347 e. The quantitative estimate of drug-likeness (QED) is 0.832. The number of carbonyl (C=O) groups is 1. The van der Waals surface area contributed by atoms with E-state index < -0.39 is 0 Å². The highest BCUT2D eigenvalue weighted by Gasteiger charge is 2.25. The van der Waals surface area contributed by atoms with Crippen molar-refractivity contribution in [1.82, 2.24) is 19.9 Å². The lowest BCUT2D eigenvalue weighted by Gasteiger charge is -2.34. The van der Waals surface area contributed by atoms with Crippen LogP contribution in [0.5, 0.6) is 0 Å². The molecule has 1 amide bonds. The monoisotopic (exact) mass is 360 g/mol. The molecule has 3 heterocycles. The summed E-state index contributed by atoms with van der Waals surface area (Å²) in [7, 11) is 3.86. The number of aromatic nitrogens is 3. The van der Waals surface area contributed by atoms with Gasteiger partial charge in [-0.2, -0.15) is 15.0 Å². The molecule has 1 saturated heterocycles. The van der Waals surface area contributed by atoms with E-state index in [2.05, 4.69) is 33.7 Å². The van der Waals surface area contributed by atoms with Gasteiger partial charge in [-0.25, -0.2) is 0 Å². The molecule has 0 bridgehead atoms. The van der Waals surface area contributed by atoms with Gasteiger partial charge < -0.3 is 14.7 Å². The molecule has 134 valence electrons. The number of piperazine rings is 1. The maximum absolute atomic E-state index is 12.5. The van der Waals surface area contributed by atoms with Crippen molar-refractivity contribution < 1.29 is 4.79 Å². The Balaban J connectivity index is 1.73. The van der Waals surface area contributed by atoms with Gasteiger partial charge in [-0.1, -0.05) is 19.9 Å². The minimum absolute atomic E-state index is 0.113. The van der Waals surface area contributed by atoms with E-state index in [4.69, 9.17) is 0 Å². The zero-order chi connectivity index (χ0) is 18.0. The van der Waals surface area contributed by atoms with Gasteiger partial charge in [0.25, 0.3) is 5.91 Å². The van der Waals surface area contributed by atoms with Crippen molar-refractivity contribution >= 4 is 29.1 Å². The molecule has 0 radical (unpaired) electrons. The van der Waals surface area contributed by atoms with Crippen molar-refractivity contribution in [1.29, 1.82) is 0 Å². The number of thiophene rings is 1. The van der Waals surface area contributed by atoms with Crippen LogP contribution in [0.4, 0.5) is 11.9 Å². The standard InChI is InChI=1S/C17H24N6OS/c1-12(2)14-18-16(21(3)4)20-17(19-14)23-9-7-22(8-10-23)15(24)13-6-5-11-25-13/h5-6,11-12H,7-10H2,1-4H3. The van der Waals surface area contributed by atoms with E-state index in [0.29, 0.717) is 25.0 Å². The molecule has 0 unspecified atom stereocenters. The Morgan fingerprint density at radius 1 is 1.16 bits per heavy atom. The molecule has 0 aromatic carbocycles. The van der Waals surface area contributed by atoms with Crippen molar-refractivity contribution in [2.45, 2.75) is 19.8 Å². The van der Waals surface area contributed by atoms with Crippen LogP contribution >= 0.6 is 11.3 Å². The Labute approximate surface area is 152 Å². The van der Waals surface area contributed by atoms with E-state index in [1.54, 1.807) is 0 Å². The summed E-state index contributed by atoms with van der Waals surface area (Å²) in [5.41, 5.74) is 0. The van der Waals surface area contributed by atoms with Gasteiger partial charge in [0.05, 0.1) is 4.88 Å². The van der Waals surface area contributed by atoms with Crippen LogP contribution in [-0.4, -0.2) is 66.0 Å². The van der Waals surface area contributed by atoms with E-state index in [1.807, 2.05) is 41.4 Å². The summed E-state index contributed by atoms with van der Waals surface area (Å²) < 4.78 is 0. The Hall–Kier alpha value is -2.22. The smallest absolute Gasteiger partial charge is 0.264 e. The van der Waals surface area contributed by atoms with Gasteiger partial charge in [0.15, 0.2) is 0 Å². The molecule has 0 spiro atoms. The normalized spacial score (nSPS) is 14.9. The molecule has 1 fully saturated rings. The van der Waals surface area contributed by atoms with E-state index in [1.165, 1.54) is 11.3 Å². The summed E-state index contributed by atoms with van der Waals surface area (Å²) in [6.45, 7) is 6.97. The number of hydrogen-bond acceptors (Lipinski definition) is 7. The predicted molar refractivity (Wildman–Crippen MR) is 101 cm³/mol. The first kappa shape index (κ1) is 17.6. The fourth-order valence-corrected chi connectivity index (χ4v) is 3.33. The third-order valence-electron chi connectivity index (χ3n) is 4.13. The van der Waals surface area contributed by atoms with Crippen LogP contribution in [-0.2, 0) is 0 Å². The predicted octanol–water partition coefficient (Wildman–Crippen LogP) is 2.08. The van der Waals surface area contributed by atoms with Crippen LogP contribution in [0.3, 0.4) is 0 Å². The molecule has 3 rings (SSSR count). The highest BCUT2D eigenvalue weighted by atomic mass is 32.1. The van der Waals surface area contributed by atoms with Gasteiger partial charge in [-0.05, 0) is 11.4 Å². The maximum Gasteiger partial charge on any atom is 0.264 e. The number of carbonyl (C=O) groups excluding carboxylic acids is 1. The second-order valence-electron chi connectivity index (χ2n) is 6.60. The van der Waals surface area contributed by atoms with Crippen LogP contribution in [0.1, 0.15) is 35.3 Å². The van der Waals surface area contributed by atoms with Crippen LogP contribution in [0.25, 0.3) is 0 Å². The van der Waals surface area contributed by atoms with E-state index in [-0.39, 0.29) is 11.8 Å². The molecular weight excluding hydrogens is 336 g/mol. The second-order valence-corrected chi connectivity index (χ2v) is 7.55. The van der Waals surface area contributed by atoms with Crippen LogP contribution < -0.4 is 9.80 Å². The molecule has 8 heteroatoms. The summed E-state index contributed by atoms with van der Waals surface area (Å²) in [5.74, 6) is 2.52. The summed E-state index contributed by atoms with van der Waals surface area (Å²) >= 11 is 1.49. The van der Waals surface area contributed by atoms with Gasteiger partial charge in [-0.3, -0.25) is 4.79 Å². The first-order valence-corrected chi connectivity index (χ1v) is 9.34. The molecule has 25 heavy (non-hydrogen) atoms. The molecule has 1 aliphatic heterocycles. The molecular formula is C17H24N6OS. The summed E-state index contributed by atoms with van der Waals surface area (Å²) in [6, 6.07) is 3.79. The molecule has 7 nitrogen and oxygen atoms in total. The third-order valence-corrected chi connectivity index (χ3v) is 4.99. The minimum atomic E-state index is 0.113. The lowest BCUT2D eigenvalue weighted by molar-refractivity contribution is 0.0751. The summed E-state index contributed by atoms with van der Waals surface area (Å²) in [6.07, 6.45) is 0. The third kappa shape index (κ3) is 3.89. The van der Waals surface area contributed by atoms with Gasteiger partial charge in [0, 0.05) is 46.2 Å². The van der Waals surface area contributed by atoms with Crippen LogP contribution in [0.2, 0.25) is 0 Å². The fraction of sp³-hybridized carbons (Fsp3) is 0.529. The summed E-state index contributed by atoms with van der Waals surface area (Å²) in [4.78, 5) is 32.9. The van der Waals surface area contributed by atoms with Crippen molar-refractivity contribution in [3.63, 3.8) is 0 Å². The van der Waals surface area contributed by atoms with Crippen molar-refractivity contribution in [3.05, 3.63) is 28.2 Å². The summed E-state index contributed by atoms with van der Waals surface area (Å²) in [5, 5.41) is 1.94. The zero-order valence-electron chi connectivity index (χ0n) is 15.1. The average molecular weight is 360 g/mol. The molecule has 1 aliphatic rings. The van der Waals surface area contributed by atoms with Crippen molar-refractivity contribution in [3.8, 4) is 0 Å². The number of rotatable bonds is 4. The molecule has 2 aromatic rings. The van der Waals surface area contributed by atoms with E-state index in [0.717, 1.165) is 23.8 Å². The van der Waals surface area contributed by atoms with Gasteiger partial charge in [-0.15, -0.1) is 11.3 Å². The van der Waals surface area contributed by atoms with Gasteiger partial charge in [0.1, 0.15) is 5.82 Å².